The van der Waals surface area contributed by atoms with Crippen molar-refractivity contribution >= 4 is 17.4 Å². The molecule has 0 aliphatic carbocycles. The number of carbonyl (C=O) groups excluding carboxylic acids is 1. The highest BCUT2D eigenvalue weighted by atomic mass is 16.4. The first kappa shape index (κ1) is 15.7. The van der Waals surface area contributed by atoms with Gasteiger partial charge in [-0.1, -0.05) is 30.4 Å². The highest BCUT2D eigenvalue weighted by Crippen LogP contribution is 2.24. The van der Waals surface area contributed by atoms with Crippen LogP contribution in [0.5, 0.6) is 0 Å². The summed E-state index contributed by atoms with van der Waals surface area (Å²) in [5.74, 6) is -1.46. The molecule has 0 amide bonds. The molecule has 20 heavy (non-hydrogen) atoms. The van der Waals surface area contributed by atoms with Gasteiger partial charge in [0.05, 0.1) is 0 Å². The number of benzene rings is 1. The Bertz CT molecular complexity index is 515. The van der Waals surface area contributed by atoms with Gasteiger partial charge in [-0.2, -0.15) is 0 Å². The molecule has 0 saturated carbocycles. The van der Waals surface area contributed by atoms with Crippen LogP contribution in [0.1, 0.15) is 31.2 Å². The van der Waals surface area contributed by atoms with Gasteiger partial charge in [-0.05, 0) is 37.1 Å². The number of carboxylic acid groups (broad SMARTS) is 1. The average molecular weight is 273 g/mol. The van der Waals surface area contributed by atoms with E-state index in [1.165, 1.54) is 6.08 Å². The van der Waals surface area contributed by atoms with Crippen LogP contribution in [-0.4, -0.2) is 16.9 Å². The number of ketones is 1. The number of allylic oxidation sites excluding steroid dienone is 4. The summed E-state index contributed by atoms with van der Waals surface area (Å²) in [5.41, 5.74) is 7.02. The molecule has 4 heteroatoms. The second-order valence-electron chi connectivity index (χ2n) is 4.44. The average Bonchev–Trinajstić information content (AvgIpc) is 2.41. The van der Waals surface area contributed by atoms with Gasteiger partial charge >= 0.3 is 5.97 Å². The van der Waals surface area contributed by atoms with Crippen molar-refractivity contribution in [2.24, 2.45) is 0 Å². The predicted octanol–water partition coefficient (Wildman–Crippen LogP) is 2.92. The lowest BCUT2D eigenvalue weighted by molar-refractivity contribution is -0.137. The van der Waals surface area contributed by atoms with E-state index in [4.69, 9.17) is 10.8 Å². The third kappa shape index (κ3) is 5.10. The number of aliphatic carboxylic acids is 1. The molecule has 0 aliphatic rings. The molecule has 1 aromatic carbocycles. The number of carbonyl (C=O) groups is 2. The first-order valence-electron chi connectivity index (χ1n) is 6.45. The Labute approximate surface area is 118 Å². The van der Waals surface area contributed by atoms with E-state index in [1.54, 1.807) is 36.4 Å². The van der Waals surface area contributed by atoms with Gasteiger partial charge < -0.3 is 10.8 Å². The van der Waals surface area contributed by atoms with E-state index in [2.05, 4.69) is 0 Å². The molecule has 1 rings (SSSR count). The number of hydrogen-bond acceptors (Lipinski definition) is 3. The summed E-state index contributed by atoms with van der Waals surface area (Å²) < 4.78 is 0. The van der Waals surface area contributed by atoms with Crippen LogP contribution >= 0.6 is 0 Å². The molecular formula is C16H19NO3. The lowest BCUT2D eigenvalue weighted by Crippen LogP contribution is -2.12. The van der Waals surface area contributed by atoms with Crippen LogP contribution in [0.4, 0.5) is 5.69 Å². The van der Waals surface area contributed by atoms with Gasteiger partial charge in [-0.3, -0.25) is 9.59 Å². The van der Waals surface area contributed by atoms with Crippen LogP contribution in [0.2, 0.25) is 0 Å². The molecule has 0 radical (unpaired) electrons. The summed E-state index contributed by atoms with van der Waals surface area (Å²) in [7, 11) is 0. The predicted molar refractivity (Wildman–Crippen MR) is 79.4 cm³/mol. The summed E-state index contributed by atoms with van der Waals surface area (Å²) in [5, 5.41) is 8.79. The highest BCUT2D eigenvalue weighted by molar-refractivity contribution is 5.95. The van der Waals surface area contributed by atoms with E-state index in [0.29, 0.717) is 5.69 Å². The van der Waals surface area contributed by atoms with Crippen LogP contribution in [0.15, 0.2) is 48.6 Å². The second kappa shape index (κ2) is 7.94. The van der Waals surface area contributed by atoms with E-state index in [0.717, 1.165) is 5.56 Å². The van der Waals surface area contributed by atoms with Gasteiger partial charge in [-0.25, -0.2) is 0 Å². The molecule has 1 atom stereocenters. The summed E-state index contributed by atoms with van der Waals surface area (Å²) in [4.78, 5) is 22.9. The van der Waals surface area contributed by atoms with E-state index in [9.17, 15) is 9.59 Å². The third-order valence-electron chi connectivity index (χ3n) is 2.89. The standard InChI is InChI=1S/C16H19NO3/c1-2-3-4-5-15(18)14(10-11-16(19)20)12-6-8-13(17)9-7-12/h2-9,14H,10-11,17H2,1H3,(H,19,20)/b3-2+,5-4+. The zero-order valence-corrected chi connectivity index (χ0v) is 11.5. The maximum absolute atomic E-state index is 12.2. The Hall–Kier alpha value is -2.36. The molecule has 0 aliphatic heterocycles. The molecule has 0 fully saturated rings. The third-order valence-corrected chi connectivity index (χ3v) is 2.89. The number of carboxylic acids is 1. The van der Waals surface area contributed by atoms with Gasteiger partial charge in [0.15, 0.2) is 5.78 Å². The van der Waals surface area contributed by atoms with Crippen LogP contribution in [0.3, 0.4) is 0 Å². The first-order chi connectivity index (χ1) is 9.54. The lowest BCUT2D eigenvalue weighted by atomic mass is 9.90. The summed E-state index contributed by atoms with van der Waals surface area (Å²) in [6.45, 7) is 1.86. The first-order valence-corrected chi connectivity index (χ1v) is 6.45. The normalized spacial score (nSPS) is 12.8. The van der Waals surface area contributed by atoms with E-state index >= 15 is 0 Å². The molecule has 1 aromatic rings. The monoisotopic (exact) mass is 273 g/mol. The molecular weight excluding hydrogens is 254 g/mol. The Balaban J connectivity index is 2.92. The van der Waals surface area contributed by atoms with Crippen LogP contribution in [0.25, 0.3) is 0 Å². The van der Waals surface area contributed by atoms with Gasteiger partial charge in [0, 0.05) is 18.0 Å². The fraction of sp³-hybridized carbons (Fsp3) is 0.250. The maximum atomic E-state index is 12.2. The summed E-state index contributed by atoms with van der Waals surface area (Å²) in [6.07, 6.45) is 6.95. The minimum atomic E-state index is -0.907. The van der Waals surface area contributed by atoms with Gasteiger partial charge in [0.2, 0.25) is 0 Å². The fourth-order valence-electron chi connectivity index (χ4n) is 1.85. The Kier molecular flexibility index (Phi) is 6.23. The molecule has 106 valence electrons. The summed E-state index contributed by atoms with van der Waals surface area (Å²) in [6, 6.07) is 6.96. The second-order valence-corrected chi connectivity index (χ2v) is 4.44. The Morgan fingerprint density at radius 1 is 1.25 bits per heavy atom. The van der Waals surface area contributed by atoms with Gasteiger partial charge in [-0.15, -0.1) is 0 Å². The smallest absolute Gasteiger partial charge is 0.303 e. The van der Waals surface area contributed by atoms with Crippen LogP contribution in [-0.2, 0) is 9.59 Å². The van der Waals surface area contributed by atoms with Crippen LogP contribution in [0, 0.1) is 0 Å². The van der Waals surface area contributed by atoms with Crippen LogP contribution < -0.4 is 5.73 Å². The molecule has 0 heterocycles. The zero-order valence-electron chi connectivity index (χ0n) is 11.5. The number of rotatable bonds is 7. The number of nitrogen functional groups attached to an aromatic ring is 1. The molecule has 0 spiro atoms. The minimum Gasteiger partial charge on any atom is -0.481 e. The largest absolute Gasteiger partial charge is 0.481 e. The molecule has 1 unspecified atom stereocenters. The van der Waals surface area contributed by atoms with Crippen molar-refractivity contribution in [2.45, 2.75) is 25.7 Å². The minimum absolute atomic E-state index is 0.0434. The fourth-order valence-corrected chi connectivity index (χ4v) is 1.85. The van der Waals surface area contributed by atoms with Crippen molar-refractivity contribution in [1.29, 1.82) is 0 Å². The topological polar surface area (TPSA) is 80.4 Å². The van der Waals surface area contributed by atoms with E-state index in [1.807, 2.05) is 13.0 Å². The maximum Gasteiger partial charge on any atom is 0.303 e. The quantitative estimate of drug-likeness (QED) is 0.454. The van der Waals surface area contributed by atoms with Gasteiger partial charge in [0.1, 0.15) is 0 Å². The van der Waals surface area contributed by atoms with Crippen molar-refractivity contribution in [3.8, 4) is 0 Å². The zero-order chi connectivity index (χ0) is 15.0. The highest BCUT2D eigenvalue weighted by Gasteiger charge is 2.19. The van der Waals surface area contributed by atoms with Crippen molar-refractivity contribution in [2.75, 3.05) is 5.73 Å². The van der Waals surface area contributed by atoms with Crippen molar-refractivity contribution in [3.05, 3.63) is 54.1 Å². The SMILES string of the molecule is C/C=C/C=C/C(=O)C(CCC(=O)O)c1ccc(N)cc1. The van der Waals surface area contributed by atoms with Crippen molar-refractivity contribution in [3.63, 3.8) is 0 Å². The van der Waals surface area contributed by atoms with Crippen molar-refractivity contribution in [1.82, 2.24) is 0 Å². The molecule has 3 N–H and O–H groups in total. The number of nitrogens with two attached hydrogens (primary N) is 1. The van der Waals surface area contributed by atoms with Crippen molar-refractivity contribution < 1.29 is 14.7 Å². The number of hydrogen-bond donors (Lipinski definition) is 2. The Morgan fingerprint density at radius 2 is 1.90 bits per heavy atom. The Morgan fingerprint density at radius 3 is 2.45 bits per heavy atom. The molecule has 0 bridgehead atoms. The van der Waals surface area contributed by atoms with Gasteiger partial charge in [0.25, 0.3) is 0 Å². The van der Waals surface area contributed by atoms with E-state index in [-0.39, 0.29) is 18.6 Å². The summed E-state index contributed by atoms with van der Waals surface area (Å²) >= 11 is 0. The molecule has 0 saturated heterocycles. The number of anilines is 1. The molecule has 4 nitrogen and oxygen atoms in total. The lowest BCUT2D eigenvalue weighted by Gasteiger charge is -2.13. The molecule has 0 aromatic heterocycles. The van der Waals surface area contributed by atoms with E-state index < -0.39 is 11.9 Å².